The maximum Gasteiger partial charge on any atom is 0.303 e. The summed E-state index contributed by atoms with van der Waals surface area (Å²) in [5.41, 5.74) is -0.653. The van der Waals surface area contributed by atoms with Crippen LogP contribution in [0, 0.1) is 0 Å². The van der Waals surface area contributed by atoms with Crippen LogP contribution in [-0.4, -0.2) is 65.8 Å². The predicted octanol–water partition coefficient (Wildman–Crippen LogP) is -0.874. The van der Waals surface area contributed by atoms with Gasteiger partial charge in [0, 0.05) is 44.1 Å². The quantitative estimate of drug-likeness (QED) is 0.438. The molecule has 2 radical (unpaired) electrons. The number of carbonyl (C=O) groups is 2. The van der Waals surface area contributed by atoms with Gasteiger partial charge < -0.3 is 14.8 Å². The van der Waals surface area contributed by atoms with E-state index >= 15 is 0 Å². The zero-order valence-corrected chi connectivity index (χ0v) is 8.74. The Morgan fingerprint density at radius 2 is 1.62 bits per heavy atom. The number of carboxylic acid groups (broad SMARTS) is 1. The zero-order chi connectivity index (χ0) is 8.85. The zero-order valence-electron chi connectivity index (χ0n) is 7.74. The first-order chi connectivity index (χ1) is 5.07. The van der Waals surface area contributed by atoms with E-state index in [0.29, 0.717) is 0 Å². The average Bonchev–Trinajstić information content (AvgIpc) is 1.98. The van der Waals surface area contributed by atoms with Gasteiger partial charge in [-0.05, 0) is 0 Å². The maximum atomic E-state index is 10.6. The molecule has 13 heavy (non-hydrogen) atoms. The summed E-state index contributed by atoms with van der Waals surface area (Å²) in [7, 11) is -2.60. The van der Waals surface area contributed by atoms with Crippen LogP contribution in [0.15, 0.2) is 0 Å². The second-order valence-corrected chi connectivity index (χ2v) is 3.62. The third-order valence-corrected chi connectivity index (χ3v) is 2.18. The number of carboxylic acids is 1. The molecule has 0 aliphatic carbocycles. The summed E-state index contributed by atoms with van der Waals surface area (Å²) in [5, 5.41) is 16.3. The Morgan fingerprint density at radius 3 is 1.92 bits per heavy atom. The van der Waals surface area contributed by atoms with Crippen LogP contribution in [0.3, 0.4) is 0 Å². The number of carbonyl (C=O) groups excluding carboxylic acids is 1. The van der Waals surface area contributed by atoms with E-state index in [0.717, 1.165) is 0 Å². The molecule has 0 aliphatic heterocycles. The summed E-state index contributed by atoms with van der Waals surface area (Å²) in [5.74, 6) is -1.11. The molecule has 0 fully saturated rings. The molecule has 0 heterocycles. The van der Waals surface area contributed by atoms with E-state index in [1.165, 1.54) is 0 Å². The van der Waals surface area contributed by atoms with E-state index in [1.54, 1.807) is 0 Å². The molecule has 0 aromatic rings. The molecule has 0 aromatic heterocycles. The first kappa shape index (κ1) is 19.2. The van der Waals surface area contributed by atoms with Crippen LogP contribution in [0.25, 0.3) is 0 Å². The van der Waals surface area contributed by atoms with Gasteiger partial charge in [0.1, 0.15) is 6.35 Å². The Balaban J connectivity index is -0.000000500. The number of hydrogen-bond donors (Lipinski definition) is 2. The fraction of sp³-hybridized carbons (Fsp3) is 0.600. The largest absolute Gasteiger partial charge is 0.481 e. The fourth-order valence-electron chi connectivity index (χ4n) is 0.448. The van der Waals surface area contributed by atoms with Crippen LogP contribution in [0.5, 0.6) is 0 Å². The van der Waals surface area contributed by atoms with E-state index < -0.39 is 25.6 Å². The molecule has 0 bridgehead atoms. The minimum absolute atomic E-state index is 0. The van der Waals surface area contributed by atoms with E-state index in [1.807, 2.05) is 0 Å². The molecule has 66 valence electrons. The molecule has 0 aliphatic rings. The van der Waals surface area contributed by atoms with Gasteiger partial charge in [-0.25, -0.2) is 0 Å². The topological polar surface area (TPSA) is 91.7 Å². The number of aliphatic hydroxyl groups excluding tert-OH is 1. The van der Waals surface area contributed by atoms with Gasteiger partial charge in [0.25, 0.3) is 0 Å². The first-order valence-electron chi connectivity index (χ1n) is 2.96. The molecule has 1 unspecified atom stereocenters. The Bertz CT molecular complexity index is 195. The number of rotatable bonds is 5. The van der Waals surface area contributed by atoms with Crippen molar-refractivity contribution in [3.8, 4) is 0 Å². The summed E-state index contributed by atoms with van der Waals surface area (Å²) in [6.45, 7) is 0. The Morgan fingerprint density at radius 1 is 1.15 bits per heavy atom. The van der Waals surface area contributed by atoms with Crippen LogP contribution in [0.2, 0.25) is 0 Å². The predicted molar refractivity (Wildman–Crippen MR) is 49.5 cm³/mol. The Labute approximate surface area is 100 Å². The van der Waals surface area contributed by atoms with Crippen molar-refractivity contribution in [3.63, 3.8) is 0 Å². The number of aliphatic carboxylic acids is 1. The molecule has 0 aromatic carbocycles. The van der Waals surface area contributed by atoms with Gasteiger partial charge in [-0.2, -0.15) is 0 Å². The van der Waals surface area contributed by atoms with Crippen molar-refractivity contribution >= 4 is 57.0 Å². The van der Waals surface area contributed by atoms with Crippen LogP contribution in [0.1, 0.15) is 12.8 Å². The molecule has 5 nitrogen and oxygen atoms in total. The second kappa shape index (κ2) is 10.6. The minimum atomic E-state index is -2.60. The summed E-state index contributed by atoms with van der Waals surface area (Å²) < 4.78 is 10.5. The van der Waals surface area contributed by atoms with Gasteiger partial charge >= 0.3 is 5.97 Å². The summed E-state index contributed by atoms with van der Waals surface area (Å²) in [6, 6.07) is 0. The molecule has 8 heteroatoms. The van der Waals surface area contributed by atoms with Gasteiger partial charge in [0.2, 0.25) is 0 Å². The number of aliphatic hydroxyl groups is 1. The summed E-state index contributed by atoms with van der Waals surface area (Å²) >= 11 is 0. The van der Waals surface area contributed by atoms with Crippen molar-refractivity contribution in [2.75, 3.05) is 6.35 Å². The second-order valence-electron chi connectivity index (χ2n) is 1.90. The molecule has 1 atom stereocenters. The van der Waals surface area contributed by atoms with Crippen LogP contribution < -0.4 is 0 Å². The van der Waals surface area contributed by atoms with Gasteiger partial charge in [-0.3, -0.25) is 9.59 Å². The van der Waals surface area contributed by atoms with Crippen molar-refractivity contribution in [1.82, 2.24) is 0 Å². The van der Waals surface area contributed by atoms with Gasteiger partial charge in [0.15, 0.2) is 13.3 Å². The van der Waals surface area contributed by atoms with Crippen molar-refractivity contribution in [2.24, 2.45) is 0 Å². The summed E-state index contributed by atoms with van der Waals surface area (Å²) in [6.07, 6.45) is -1.24. The van der Waals surface area contributed by atoms with Crippen LogP contribution >= 0.6 is 7.80 Å². The van der Waals surface area contributed by atoms with Crippen molar-refractivity contribution in [3.05, 3.63) is 0 Å². The molecular formula is C5H9Li2O5P. The van der Waals surface area contributed by atoms with Crippen LogP contribution in [0.4, 0.5) is 0 Å². The standard InChI is InChI=1S/C5H9O5P.2Li/c6-3-11(10)5(9)2-1-4(7)8;;/h6,11H,1-3H2,(H,7,8);;. The van der Waals surface area contributed by atoms with Crippen LogP contribution in [-0.2, 0) is 14.2 Å². The molecule has 0 saturated heterocycles. The Hall–Kier alpha value is 0.525. The van der Waals surface area contributed by atoms with Gasteiger partial charge in [-0.1, -0.05) is 0 Å². The summed E-state index contributed by atoms with van der Waals surface area (Å²) in [4.78, 5) is 20.5. The maximum absolute atomic E-state index is 10.6. The molecule has 0 saturated carbocycles. The fourth-order valence-corrected chi connectivity index (χ4v) is 1.03. The SMILES string of the molecule is O=C(O)CCC(=O)[PH](=O)CO.[Li].[Li]. The molecular weight excluding hydrogens is 185 g/mol. The minimum Gasteiger partial charge on any atom is -0.481 e. The van der Waals surface area contributed by atoms with E-state index in [4.69, 9.17) is 10.2 Å². The third-order valence-electron chi connectivity index (χ3n) is 1.02. The van der Waals surface area contributed by atoms with Gasteiger partial charge in [0.05, 0.1) is 6.42 Å². The van der Waals surface area contributed by atoms with Crippen molar-refractivity contribution in [1.29, 1.82) is 0 Å². The van der Waals surface area contributed by atoms with E-state index in [2.05, 4.69) is 0 Å². The van der Waals surface area contributed by atoms with Gasteiger partial charge in [-0.15, -0.1) is 0 Å². The molecule has 2 N–H and O–H groups in total. The number of hydrogen-bond acceptors (Lipinski definition) is 4. The third kappa shape index (κ3) is 10.4. The molecule has 0 rings (SSSR count). The molecule has 0 spiro atoms. The smallest absolute Gasteiger partial charge is 0.303 e. The van der Waals surface area contributed by atoms with Crippen molar-refractivity contribution in [2.45, 2.75) is 12.8 Å². The van der Waals surface area contributed by atoms with E-state index in [9.17, 15) is 14.2 Å². The normalized spacial score (nSPS) is 10.5. The average molecular weight is 194 g/mol. The molecule has 0 amide bonds. The van der Waals surface area contributed by atoms with Crippen molar-refractivity contribution < 1.29 is 24.4 Å². The monoisotopic (exact) mass is 194 g/mol. The van der Waals surface area contributed by atoms with E-state index in [-0.39, 0.29) is 50.6 Å². The first-order valence-corrected chi connectivity index (χ1v) is 4.58. The Kier molecular flexibility index (Phi) is 15.6.